The summed E-state index contributed by atoms with van der Waals surface area (Å²) in [5.74, 6) is 1.09. The van der Waals surface area contributed by atoms with E-state index in [0.717, 1.165) is 17.3 Å². The van der Waals surface area contributed by atoms with Crippen LogP contribution >= 0.6 is 11.8 Å². The van der Waals surface area contributed by atoms with E-state index in [1.165, 1.54) is 0 Å². The predicted octanol–water partition coefficient (Wildman–Crippen LogP) is 2.22. The summed E-state index contributed by atoms with van der Waals surface area (Å²) in [6.07, 6.45) is 0.402. The Morgan fingerprint density at radius 1 is 1.11 bits per heavy atom. The van der Waals surface area contributed by atoms with E-state index in [9.17, 15) is 9.59 Å². The number of nitrogens with zero attached hydrogens (tertiary/aromatic N) is 2. The van der Waals surface area contributed by atoms with E-state index >= 15 is 0 Å². The summed E-state index contributed by atoms with van der Waals surface area (Å²) < 4.78 is 10.5. The Balaban J connectivity index is 1.33. The summed E-state index contributed by atoms with van der Waals surface area (Å²) >= 11 is 1.11. The van der Waals surface area contributed by atoms with Gasteiger partial charge in [-0.3, -0.25) is 14.6 Å². The summed E-state index contributed by atoms with van der Waals surface area (Å²) in [5.41, 5.74) is 1.61. The Morgan fingerprint density at radius 3 is 2.75 bits per heavy atom. The van der Waals surface area contributed by atoms with Crippen LogP contribution in [0.25, 0.3) is 0 Å². The summed E-state index contributed by atoms with van der Waals surface area (Å²) in [7, 11) is 0. The second-order valence-corrected chi connectivity index (χ2v) is 6.94. The van der Waals surface area contributed by atoms with Crippen LogP contribution in [0.5, 0.6) is 11.5 Å². The molecule has 1 amide bonds. The molecule has 0 saturated heterocycles. The van der Waals surface area contributed by atoms with Crippen LogP contribution in [0.2, 0.25) is 0 Å². The maximum absolute atomic E-state index is 12.2. The van der Waals surface area contributed by atoms with E-state index in [1.54, 1.807) is 18.2 Å². The molecule has 0 aliphatic carbocycles. The van der Waals surface area contributed by atoms with Crippen molar-refractivity contribution in [2.45, 2.75) is 11.6 Å². The summed E-state index contributed by atoms with van der Waals surface area (Å²) in [5, 5.41) is 11.1. The Bertz CT molecular complexity index is 1060. The number of rotatable bonds is 6. The Kier molecular flexibility index (Phi) is 5.24. The van der Waals surface area contributed by atoms with Crippen molar-refractivity contribution in [2.75, 3.05) is 17.9 Å². The van der Waals surface area contributed by atoms with Gasteiger partial charge in [-0.2, -0.15) is 0 Å². The molecular weight excluding hydrogens is 380 g/mol. The molecule has 0 fully saturated rings. The van der Waals surface area contributed by atoms with Crippen molar-refractivity contribution in [3.05, 3.63) is 70.1 Å². The van der Waals surface area contributed by atoms with Crippen molar-refractivity contribution < 1.29 is 14.3 Å². The zero-order valence-electron chi connectivity index (χ0n) is 14.7. The molecule has 0 atom stereocenters. The van der Waals surface area contributed by atoms with Gasteiger partial charge in [-0.25, -0.2) is 0 Å². The lowest BCUT2D eigenvalue weighted by molar-refractivity contribution is -0.113. The van der Waals surface area contributed by atoms with Crippen LogP contribution in [0.3, 0.4) is 0 Å². The van der Waals surface area contributed by atoms with Gasteiger partial charge < -0.3 is 14.8 Å². The van der Waals surface area contributed by atoms with E-state index in [-0.39, 0.29) is 24.0 Å². The summed E-state index contributed by atoms with van der Waals surface area (Å²) in [6.45, 7) is 0.175. The number of nitrogens with one attached hydrogen (secondary N) is 2. The number of fused-ring (bicyclic) bond motifs is 1. The normalized spacial score (nSPS) is 12.0. The van der Waals surface area contributed by atoms with Crippen LogP contribution in [0.1, 0.15) is 11.3 Å². The number of aromatic amines is 1. The van der Waals surface area contributed by atoms with Gasteiger partial charge in [0.05, 0.1) is 5.75 Å². The molecule has 142 valence electrons. The molecule has 0 bridgehead atoms. The van der Waals surface area contributed by atoms with Gasteiger partial charge in [0, 0.05) is 18.2 Å². The van der Waals surface area contributed by atoms with E-state index in [2.05, 4.69) is 20.5 Å². The number of aromatic nitrogens is 3. The van der Waals surface area contributed by atoms with Gasteiger partial charge in [0.25, 0.3) is 5.56 Å². The second-order valence-electron chi connectivity index (χ2n) is 5.97. The van der Waals surface area contributed by atoms with Gasteiger partial charge in [-0.05, 0) is 17.7 Å². The second kappa shape index (κ2) is 8.13. The first-order valence-electron chi connectivity index (χ1n) is 8.49. The number of benzene rings is 2. The number of hydrogen-bond donors (Lipinski definition) is 2. The molecule has 4 rings (SSSR count). The van der Waals surface area contributed by atoms with Crippen molar-refractivity contribution in [1.29, 1.82) is 0 Å². The van der Waals surface area contributed by atoms with E-state index < -0.39 is 0 Å². The number of amides is 1. The molecule has 9 heteroatoms. The Labute approximate surface area is 164 Å². The minimum Gasteiger partial charge on any atom is -0.454 e. The monoisotopic (exact) mass is 396 g/mol. The van der Waals surface area contributed by atoms with E-state index in [1.807, 2.05) is 30.3 Å². The van der Waals surface area contributed by atoms with Crippen molar-refractivity contribution in [3.63, 3.8) is 0 Å². The number of carbonyl (C=O) groups excluding carboxylic acids is 1. The molecule has 1 aromatic heterocycles. The SMILES string of the molecule is O=C(CSc1nnc(Cc2ccccc2)c(=O)[nH]1)Nc1ccc2c(c1)OCO2. The number of thioether (sulfide) groups is 1. The first-order chi connectivity index (χ1) is 13.7. The smallest absolute Gasteiger partial charge is 0.273 e. The fourth-order valence-electron chi connectivity index (χ4n) is 2.62. The number of carbonyl (C=O) groups is 1. The van der Waals surface area contributed by atoms with Gasteiger partial charge in [0.15, 0.2) is 16.7 Å². The lowest BCUT2D eigenvalue weighted by Crippen LogP contribution is -2.19. The third-order valence-corrected chi connectivity index (χ3v) is 4.82. The molecule has 1 aliphatic heterocycles. The highest BCUT2D eigenvalue weighted by molar-refractivity contribution is 7.99. The zero-order chi connectivity index (χ0) is 19.3. The fourth-order valence-corrected chi connectivity index (χ4v) is 3.22. The first-order valence-corrected chi connectivity index (χ1v) is 9.48. The van der Waals surface area contributed by atoms with Gasteiger partial charge in [0.2, 0.25) is 12.7 Å². The minimum atomic E-state index is -0.308. The highest BCUT2D eigenvalue weighted by atomic mass is 32.2. The third kappa shape index (κ3) is 4.32. The third-order valence-electron chi connectivity index (χ3n) is 3.95. The van der Waals surface area contributed by atoms with Gasteiger partial charge >= 0.3 is 0 Å². The molecule has 3 aromatic rings. The maximum Gasteiger partial charge on any atom is 0.273 e. The summed E-state index contributed by atoms with van der Waals surface area (Å²) in [4.78, 5) is 27.0. The number of H-pyrrole nitrogens is 1. The predicted molar refractivity (Wildman–Crippen MR) is 104 cm³/mol. The van der Waals surface area contributed by atoms with Crippen molar-refractivity contribution >= 4 is 23.4 Å². The van der Waals surface area contributed by atoms with Crippen LogP contribution in [-0.2, 0) is 11.2 Å². The van der Waals surface area contributed by atoms with Crippen LogP contribution < -0.4 is 20.3 Å². The number of hydrogen-bond acceptors (Lipinski definition) is 7. The van der Waals surface area contributed by atoms with Crippen molar-refractivity contribution in [1.82, 2.24) is 15.2 Å². The molecule has 0 saturated carbocycles. The van der Waals surface area contributed by atoms with Gasteiger partial charge in [-0.15, -0.1) is 10.2 Å². The largest absolute Gasteiger partial charge is 0.454 e. The quantitative estimate of drug-likeness (QED) is 0.615. The molecule has 2 heterocycles. The molecule has 2 aromatic carbocycles. The standard InChI is InChI=1S/C19H16N4O4S/c24-17(20-13-6-7-15-16(9-13)27-11-26-15)10-28-19-21-18(25)14(22-23-19)8-12-4-2-1-3-5-12/h1-7,9H,8,10-11H2,(H,20,24)(H,21,23,25). The highest BCUT2D eigenvalue weighted by Crippen LogP contribution is 2.34. The van der Waals surface area contributed by atoms with Gasteiger partial charge in [0.1, 0.15) is 5.69 Å². The van der Waals surface area contributed by atoms with Crippen LogP contribution in [0.4, 0.5) is 5.69 Å². The number of anilines is 1. The average Bonchev–Trinajstić information content (AvgIpc) is 3.17. The van der Waals surface area contributed by atoms with E-state index in [0.29, 0.717) is 34.5 Å². The lowest BCUT2D eigenvalue weighted by Gasteiger charge is -2.06. The summed E-state index contributed by atoms with van der Waals surface area (Å²) in [6, 6.07) is 14.7. The van der Waals surface area contributed by atoms with Crippen LogP contribution in [0, 0.1) is 0 Å². The fraction of sp³-hybridized carbons (Fsp3) is 0.158. The zero-order valence-corrected chi connectivity index (χ0v) is 15.5. The maximum atomic E-state index is 12.2. The minimum absolute atomic E-state index is 0.0805. The molecular formula is C19H16N4O4S. The number of ether oxygens (including phenoxy) is 2. The molecule has 1 aliphatic rings. The molecule has 8 nitrogen and oxygen atoms in total. The Hall–Kier alpha value is -3.33. The van der Waals surface area contributed by atoms with Crippen molar-refractivity contribution in [2.24, 2.45) is 0 Å². The van der Waals surface area contributed by atoms with Crippen LogP contribution in [0.15, 0.2) is 58.5 Å². The molecule has 0 radical (unpaired) electrons. The average molecular weight is 396 g/mol. The first kappa shape index (κ1) is 18.1. The highest BCUT2D eigenvalue weighted by Gasteiger charge is 2.14. The lowest BCUT2D eigenvalue weighted by atomic mass is 10.1. The van der Waals surface area contributed by atoms with Crippen LogP contribution in [-0.4, -0.2) is 33.6 Å². The topological polar surface area (TPSA) is 106 Å². The Morgan fingerprint density at radius 2 is 1.93 bits per heavy atom. The van der Waals surface area contributed by atoms with Gasteiger partial charge in [-0.1, -0.05) is 42.1 Å². The van der Waals surface area contributed by atoms with Crippen molar-refractivity contribution in [3.8, 4) is 11.5 Å². The van der Waals surface area contributed by atoms with E-state index in [4.69, 9.17) is 9.47 Å². The molecule has 28 heavy (non-hydrogen) atoms. The molecule has 0 spiro atoms. The molecule has 0 unspecified atom stereocenters. The molecule has 2 N–H and O–H groups in total.